The van der Waals surface area contributed by atoms with Gasteiger partial charge < -0.3 is 64.2 Å². The predicted molar refractivity (Wildman–Crippen MR) is 192 cm³/mol. The highest BCUT2D eigenvalue weighted by atomic mass is 33.1. The Morgan fingerprint density at radius 3 is 1.98 bits per heavy atom. The first-order valence-corrected chi connectivity index (χ1v) is 17.3. The summed E-state index contributed by atoms with van der Waals surface area (Å²) in [5, 5.41) is 45.3. The Morgan fingerprint density at radius 2 is 1.47 bits per heavy atom. The molecule has 0 aliphatic rings. The maximum absolute atomic E-state index is 12.2. The summed E-state index contributed by atoms with van der Waals surface area (Å²) in [7, 11) is 6.97. The van der Waals surface area contributed by atoms with E-state index in [0.717, 1.165) is 21.6 Å². The van der Waals surface area contributed by atoms with E-state index in [1.165, 1.54) is 26.7 Å². The third-order valence-electron chi connectivity index (χ3n) is 6.35. The van der Waals surface area contributed by atoms with Crippen molar-refractivity contribution in [2.45, 2.75) is 6.54 Å². The van der Waals surface area contributed by atoms with Gasteiger partial charge in [-0.15, -0.1) is 9.36 Å². The molecule has 1 aromatic rings. The number of carboxylic acid groups (broad SMARTS) is 2. The fourth-order valence-corrected chi connectivity index (χ4v) is 6.11. The second-order valence-electron chi connectivity index (χ2n) is 10.2. The number of aliphatic carboxylic acids is 2. The molecule has 51 heavy (non-hydrogen) atoms. The number of carboxylic acids is 2. The molecule has 0 radical (unpaired) electrons. The van der Waals surface area contributed by atoms with Gasteiger partial charge in [-0.25, -0.2) is 19.2 Å². The molecule has 0 saturated heterocycles. The van der Waals surface area contributed by atoms with E-state index in [-0.39, 0.29) is 97.8 Å². The highest BCUT2D eigenvalue weighted by molar-refractivity contribution is 8.76. The molecule has 1 rings (SSSR count). The molecule has 0 fully saturated rings. The Hall–Kier alpha value is -5.46. The zero-order valence-electron chi connectivity index (χ0n) is 28.2. The quantitative estimate of drug-likeness (QED) is 0.00992. The first-order valence-electron chi connectivity index (χ1n) is 14.8. The van der Waals surface area contributed by atoms with Crippen molar-refractivity contribution in [3.63, 3.8) is 0 Å². The molecule has 0 aromatic carbocycles. The summed E-state index contributed by atoms with van der Waals surface area (Å²) in [5.74, 6) is -2.80. The fourth-order valence-electron chi connectivity index (χ4n) is 3.83. The number of nitrogens with two attached hydrogens (primary N) is 3. The molecule has 1 heterocycles. The van der Waals surface area contributed by atoms with Crippen LogP contribution in [0.15, 0.2) is 40.6 Å². The topological polar surface area (TPSA) is 341 Å². The molecule has 0 saturated carbocycles. The average molecular weight is 758 g/mol. The molecule has 0 bridgehead atoms. The number of nitrogens with one attached hydrogen (secondary N) is 8. The second-order valence-corrected chi connectivity index (χ2v) is 12.6. The zero-order valence-corrected chi connectivity index (χ0v) is 29.8. The summed E-state index contributed by atoms with van der Waals surface area (Å²) in [6, 6.07) is -1.18. The minimum Gasteiger partial charge on any atom is -0.477 e. The summed E-state index contributed by atoms with van der Waals surface area (Å²) in [5.41, 5.74) is 16.8. The zero-order chi connectivity index (χ0) is 38.5. The molecular weight excluding hydrogens is 713 g/mol. The minimum absolute atomic E-state index is 0.00107. The lowest BCUT2D eigenvalue weighted by Gasteiger charge is -2.19. The number of amides is 6. The number of rotatable bonds is 23. The highest BCUT2D eigenvalue weighted by Gasteiger charge is 2.24. The van der Waals surface area contributed by atoms with E-state index in [1.54, 1.807) is 21.1 Å². The second kappa shape index (κ2) is 23.0. The molecule has 1 aromatic heterocycles. The van der Waals surface area contributed by atoms with Gasteiger partial charge in [0.2, 0.25) is 19.0 Å². The summed E-state index contributed by atoms with van der Waals surface area (Å²) in [4.78, 5) is 72.4. The van der Waals surface area contributed by atoms with Crippen molar-refractivity contribution >= 4 is 75.7 Å². The molecule has 0 spiro atoms. The van der Waals surface area contributed by atoms with Crippen molar-refractivity contribution in [1.82, 2.24) is 41.5 Å². The van der Waals surface area contributed by atoms with Crippen LogP contribution in [0.1, 0.15) is 0 Å². The molecule has 0 aliphatic heterocycles. The van der Waals surface area contributed by atoms with E-state index in [9.17, 15) is 39.0 Å². The van der Waals surface area contributed by atoms with E-state index in [1.807, 2.05) is 0 Å². The summed E-state index contributed by atoms with van der Waals surface area (Å²) < 4.78 is 2.97. The normalized spacial score (nSPS) is 12.0. The number of carbonyl (C=O) groups is 6. The molecular formula is C27H45N14O8S2+. The van der Waals surface area contributed by atoms with Crippen LogP contribution < -0.4 is 59.1 Å². The van der Waals surface area contributed by atoms with E-state index >= 15 is 0 Å². The summed E-state index contributed by atoms with van der Waals surface area (Å²) in [6.45, 7) is 0.556. The van der Waals surface area contributed by atoms with Gasteiger partial charge in [-0.1, -0.05) is 21.6 Å². The monoisotopic (exact) mass is 757 g/mol. The Morgan fingerprint density at radius 1 is 0.941 bits per heavy atom. The van der Waals surface area contributed by atoms with Gasteiger partial charge in [0.15, 0.2) is 18.1 Å². The Balaban J connectivity index is 3.28. The number of hydrogen-bond acceptors (Lipinski definition) is 13. The van der Waals surface area contributed by atoms with Crippen LogP contribution in [0.5, 0.6) is 0 Å². The van der Waals surface area contributed by atoms with Crippen LogP contribution >= 0.6 is 21.6 Å². The van der Waals surface area contributed by atoms with Gasteiger partial charge in [0.05, 0.1) is 7.05 Å². The van der Waals surface area contributed by atoms with E-state index in [0.29, 0.717) is 0 Å². The molecule has 0 aliphatic carbocycles. The molecule has 16 N–H and O–H groups in total. The van der Waals surface area contributed by atoms with Crippen molar-refractivity contribution in [2.75, 3.05) is 69.4 Å². The molecule has 6 amide bonds. The highest BCUT2D eigenvalue weighted by Crippen LogP contribution is 2.28. The van der Waals surface area contributed by atoms with Gasteiger partial charge in [-0.2, -0.15) is 0 Å². The van der Waals surface area contributed by atoms with Gasteiger partial charge >= 0.3 is 24.0 Å². The van der Waals surface area contributed by atoms with Crippen molar-refractivity contribution in [1.29, 1.82) is 5.41 Å². The minimum atomic E-state index is -1.43. The number of carbonyl (C=O) groups excluding carboxylic acids is 4. The number of likely N-dealkylation sites (N-methyl/N-ethyl adjacent to an activating group) is 1. The Labute approximate surface area is 300 Å². The van der Waals surface area contributed by atoms with Crippen molar-refractivity contribution in [2.24, 2.45) is 18.5 Å². The van der Waals surface area contributed by atoms with Crippen LogP contribution in [0.4, 0.5) is 21.1 Å². The molecule has 22 nitrogen and oxygen atoms in total. The van der Waals surface area contributed by atoms with Gasteiger partial charge in [-0.3, -0.25) is 20.3 Å². The largest absolute Gasteiger partial charge is 0.477 e. The average Bonchev–Trinajstić information content (AvgIpc) is 3.34. The number of aromatic nitrogens is 2. The number of nitrogens with zero attached hydrogens (tertiary/aromatic N) is 3. The Kier molecular flexibility index (Phi) is 19.7. The predicted octanol–water partition coefficient (Wildman–Crippen LogP) is -3.25. The van der Waals surface area contributed by atoms with Crippen molar-refractivity contribution in [3.05, 3.63) is 40.6 Å². The maximum Gasteiger partial charge on any atom is 0.352 e. The van der Waals surface area contributed by atoms with Crippen LogP contribution in [0.2, 0.25) is 0 Å². The summed E-state index contributed by atoms with van der Waals surface area (Å²) in [6.07, 6.45) is 3.18. The first kappa shape index (κ1) is 43.6. The lowest BCUT2D eigenvalue weighted by Crippen LogP contribution is -2.43. The number of nitrogen functional groups attached to an aromatic ring is 1. The van der Waals surface area contributed by atoms with Crippen molar-refractivity contribution in [3.8, 4) is 0 Å². The third kappa shape index (κ3) is 14.9. The van der Waals surface area contributed by atoms with Gasteiger partial charge in [-0.05, 0) is 5.57 Å². The lowest BCUT2D eigenvalue weighted by atomic mass is 10.2. The third-order valence-corrected chi connectivity index (χ3v) is 8.66. The van der Waals surface area contributed by atoms with Crippen LogP contribution in [0.3, 0.4) is 0 Å². The van der Waals surface area contributed by atoms with Crippen LogP contribution in [-0.2, 0) is 32.8 Å². The van der Waals surface area contributed by atoms with Crippen LogP contribution in [-0.4, -0.2) is 121 Å². The SMILES string of the molecule is CN(C)C(=N)C(=CNC/C(CSSC/C(C[n+]1cc(NC(=O)NCCN)c(N)n1C)=C(\NC=O)C(=O)O)=C(/NC=O)C(=O)O)NC(=O)NCCN. The smallest absolute Gasteiger partial charge is 0.352 e. The first-order chi connectivity index (χ1) is 24.2. The summed E-state index contributed by atoms with van der Waals surface area (Å²) >= 11 is 0. The number of anilines is 2. The number of hydrogen-bond donors (Lipinski definition) is 13. The van der Waals surface area contributed by atoms with Crippen LogP contribution in [0, 0.1) is 5.41 Å². The van der Waals surface area contributed by atoms with Crippen LogP contribution in [0.25, 0.3) is 0 Å². The Bertz CT molecular complexity index is 1530. The van der Waals surface area contributed by atoms with E-state index < -0.39 is 35.4 Å². The molecule has 24 heteroatoms. The van der Waals surface area contributed by atoms with Gasteiger partial charge in [0.1, 0.15) is 22.9 Å². The van der Waals surface area contributed by atoms with Gasteiger partial charge in [0.25, 0.3) is 0 Å². The van der Waals surface area contributed by atoms with Crippen molar-refractivity contribution < 1.29 is 43.7 Å². The molecule has 0 unspecified atom stereocenters. The van der Waals surface area contributed by atoms with E-state index in [4.69, 9.17) is 22.6 Å². The number of amidine groups is 1. The van der Waals surface area contributed by atoms with Gasteiger partial charge in [0, 0.05) is 70.1 Å². The molecule has 282 valence electrons. The maximum atomic E-state index is 12.2. The van der Waals surface area contributed by atoms with E-state index in [2.05, 4.69) is 37.2 Å². The number of urea groups is 2. The molecule has 0 atom stereocenters. The fraction of sp³-hybridized carbons (Fsp3) is 0.407. The lowest BCUT2D eigenvalue weighted by molar-refractivity contribution is -0.765. The standard InChI is InChI=1S/C27H44N14O8S2/c1-39(2)22(30)18(37-26(48)33-6-4-28)9-32-8-16(20(24(44)45)35-14-42)12-50-51-13-17(21(25(46)47)36-15-43)10-41-11-19(23(31)40(41)3)38-27(49)34-7-5-29/h9,11,14-15,31H,4-8,10,12-13,28-29H2,1-3H3,(H10,30,32,33,34,35,36,37,38,42,43,44,45,46,47,48,49)/p+1/b20-16-,21-17-.